The molecule has 0 amide bonds. The van der Waals surface area contributed by atoms with Gasteiger partial charge in [0.15, 0.2) is 6.10 Å². The number of nitrogen functional groups attached to an aromatic ring is 1. The Labute approximate surface area is 181 Å². The standard InChI is InChI=1S/C20H23F2N3O7/c1-28-11-8-13(29-2)12(14(9-11)30-3)5-7-31-10-15-17(26)20(21,22)18(32-15)25-6-4-16(23)24-19(25)27/h4-9,15,17-18,26H,10H2,1-3H3,(H2,23,24,27)/b7-5+/t15-,17-,18-/m1/s1. The number of aliphatic hydroxyl groups is 1. The Kier molecular flexibility index (Phi) is 6.84. The van der Waals surface area contributed by atoms with Crippen LogP contribution in [0.1, 0.15) is 11.8 Å². The molecule has 12 heteroatoms. The van der Waals surface area contributed by atoms with E-state index in [1.54, 1.807) is 12.1 Å². The van der Waals surface area contributed by atoms with Gasteiger partial charge in [0, 0.05) is 18.3 Å². The largest absolute Gasteiger partial charge is 0.498 e. The van der Waals surface area contributed by atoms with Crippen molar-refractivity contribution in [1.29, 1.82) is 0 Å². The van der Waals surface area contributed by atoms with E-state index in [4.69, 9.17) is 29.4 Å². The highest BCUT2D eigenvalue weighted by atomic mass is 19.3. The average molecular weight is 455 g/mol. The fraction of sp³-hybridized carbons (Fsp3) is 0.400. The number of rotatable bonds is 8. The van der Waals surface area contributed by atoms with Crippen LogP contribution in [0.15, 0.2) is 35.5 Å². The molecule has 0 bridgehead atoms. The lowest BCUT2D eigenvalue weighted by molar-refractivity contribution is -0.141. The highest BCUT2D eigenvalue weighted by Gasteiger charge is 2.59. The van der Waals surface area contributed by atoms with E-state index in [1.807, 2.05) is 0 Å². The van der Waals surface area contributed by atoms with E-state index < -0.39 is 36.7 Å². The van der Waals surface area contributed by atoms with E-state index in [9.17, 15) is 18.7 Å². The molecule has 3 N–H and O–H groups in total. The number of alkyl halides is 2. The summed E-state index contributed by atoms with van der Waals surface area (Å²) >= 11 is 0. The zero-order valence-corrected chi connectivity index (χ0v) is 17.5. The molecular formula is C20H23F2N3O7. The Balaban J connectivity index is 1.73. The van der Waals surface area contributed by atoms with Gasteiger partial charge in [-0.05, 0) is 12.1 Å². The monoisotopic (exact) mass is 455 g/mol. The molecule has 1 aromatic heterocycles. The van der Waals surface area contributed by atoms with Gasteiger partial charge in [0.2, 0.25) is 6.23 Å². The van der Waals surface area contributed by atoms with Crippen LogP contribution in [0.3, 0.4) is 0 Å². The molecule has 0 aliphatic carbocycles. The molecular weight excluding hydrogens is 432 g/mol. The zero-order valence-electron chi connectivity index (χ0n) is 17.5. The normalized spacial score (nSPS) is 22.1. The van der Waals surface area contributed by atoms with Crippen molar-refractivity contribution < 1.29 is 37.6 Å². The van der Waals surface area contributed by atoms with Crippen LogP contribution in [0.25, 0.3) is 6.08 Å². The quantitative estimate of drug-likeness (QED) is 0.568. The van der Waals surface area contributed by atoms with Crippen LogP contribution in [0.5, 0.6) is 17.2 Å². The first kappa shape index (κ1) is 23.3. The Morgan fingerprint density at radius 1 is 1.25 bits per heavy atom. The number of hydrogen-bond donors (Lipinski definition) is 2. The molecule has 2 aromatic rings. The van der Waals surface area contributed by atoms with Crippen molar-refractivity contribution >= 4 is 11.9 Å². The van der Waals surface area contributed by atoms with Crippen molar-refractivity contribution in [2.75, 3.05) is 33.7 Å². The maximum absolute atomic E-state index is 14.5. The van der Waals surface area contributed by atoms with Gasteiger partial charge in [-0.1, -0.05) is 0 Å². The second-order valence-electron chi connectivity index (χ2n) is 6.77. The van der Waals surface area contributed by atoms with Crippen molar-refractivity contribution in [2.24, 2.45) is 0 Å². The van der Waals surface area contributed by atoms with E-state index >= 15 is 0 Å². The molecule has 1 aliphatic rings. The van der Waals surface area contributed by atoms with E-state index in [0.717, 1.165) is 6.20 Å². The Hall–Kier alpha value is -3.38. The van der Waals surface area contributed by atoms with Gasteiger partial charge in [-0.15, -0.1) is 0 Å². The topological polar surface area (TPSA) is 127 Å². The lowest BCUT2D eigenvalue weighted by atomic mass is 10.1. The number of nitrogens with two attached hydrogens (primary N) is 1. The van der Waals surface area contributed by atoms with Crippen LogP contribution in [0, 0.1) is 0 Å². The van der Waals surface area contributed by atoms with Gasteiger partial charge in [-0.25, -0.2) is 4.79 Å². The molecule has 2 heterocycles. The summed E-state index contributed by atoms with van der Waals surface area (Å²) in [6.07, 6.45) is -1.92. The minimum atomic E-state index is -3.76. The number of hydrogen-bond acceptors (Lipinski definition) is 9. The number of methoxy groups -OCH3 is 3. The van der Waals surface area contributed by atoms with Gasteiger partial charge < -0.3 is 34.5 Å². The third kappa shape index (κ3) is 4.46. The van der Waals surface area contributed by atoms with Crippen molar-refractivity contribution in [3.8, 4) is 17.2 Å². The summed E-state index contributed by atoms with van der Waals surface area (Å²) < 4.78 is 56.0. The summed E-state index contributed by atoms with van der Waals surface area (Å²) in [6, 6.07) is 4.44. The molecule has 3 atom stereocenters. The van der Waals surface area contributed by atoms with E-state index in [1.165, 1.54) is 39.7 Å². The number of anilines is 1. The molecule has 1 fully saturated rings. The number of halogens is 2. The Morgan fingerprint density at radius 2 is 1.91 bits per heavy atom. The van der Waals surface area contributed by atoms with Gasteiger partial charge in [0.05, 0.1) is 33.2 Å². The van der Waals surface area contributed by atoms with Crippen LogP contribution >= 0.6 is 0 Å². The van der Waals surface area contributed by atoms with Crippen molar-refractivity contribution in [1.82, 2.24) is 9.55 Å². The molecule has 1 aliphatic heterocycles. The molecule has 0 radical (unpaired) electrons. The van der Waals surface area contributed by atoms with Crippen LogP contribution in [0.2, 0.25) is 0 Å². The number of ether oxygens (including phenoxy) is 5. The summed E-state index contributed by atoms with van der Waals surface area (Å²) in [5.74, 6) is -2.51. The van der Waals surface area contributed by atoms with Gasteiger partial charge in [0.1, 0.15) is 35.8 Å². The third-order valence-electron chi connectivity index (χ3n) is 4.83. The van der Waals surface area contributed by atoms with Crippen molar-refractivity contribution in [3.63, 3.8) is 0 Å². The first-order valence-electron chi connectivity index (χ1n) is 9.37. The second-order valence-corrected chi connectivity index (χ2v) is 6.77. The maximum Gasteiger partial charge on any atom is 0.351 e. The second kappa shape index (κ2) is 9.40. The highest BCUT2D eigenvalue weighted by Crippen LogP contribution is 2.42. The molecule has 1 aromatic carbocycles. The third-order valence-corrected chi connectivity index (χ3v) is 4.83. The zero-order chi connectivity index (χ0) is 23.5. The summed E-state index contributed by atoms with van der Waals surface area (Å²) in [7, 11) is 4.42. The van der Waals surface area contributed by atoms with E-state index in [-0.39, 0.29) is 5.82 Å². The lowest BCUT2D eigenvalue weighted by Crippen LogP contribution is -2.41. The molecule has 10 nitrogen and oxygen atoms in total. The first-order chi connectivity index (χ1) is 15.2. The predicted octanol–water partition coefficient (Wildman–Crippen LogP) is 1.43. The summed E-state index contributed by atoms with van der Waals surface area (Å²) in [5, 5.41) is 10.0. The molecule has 0 spiro atoms. The number of aromatic nitrogens is 2. The molecule has 3 rings (SSSR count). The van der Waals surface area contributed by atoms with Gasteiger partial charge in [-0.2, -0.15) is 13.8 Å². The Bertz CT molecular complexity index is 1020. The number of aliphatic hydroxyl groups excluding tert-OH is 1. The van der Waals surface area contributed by atoms with Gasteiger partial charge >= 0.3 is 11.6 Å². The maximum atomic E-state index is 14.5. The average Bonchev–Trinajstić information content (AvgIpc) is 2.99. The number of nitrogens with zero attached hydrogens (tertiary/aromatic N) is 2. The molecule has 174 valence electrons. The summed E-state index contributed by atoms with van der Waals surface area (Å²) in [6.45, 7) is -0.415. The van der Waals surface area contributed by atoms with Crippen LogP contribution < -0.4 is 25.6 Å². The smallest absolute Gasteiger partial charge is 0.351 e. The SMILES string of the molecule is COc1cc(OC)c(/C=C/OC[C@H]2O[C@@H](n3ccc(N)nc3=O)C(F)(F)[C@@H]2O)c(OC)c1. The number of benzene rings is 1. The Morgan fingerprint density at radius 3 is 2.47 bits per heavy atom. The minimum absolute atomic E-state index is 0.123. The van der Waals surface area contributed by atoms with Gasteiger partial charge in [-0.3, -0.25) is 4.57 Å². The van der Waals surface area contributed by atoms with Crippen molar-refractivity contribution in [3.05, 3.63) is 46.7 Å². The molecule has 0 saturated carbocycles. The van der Waals surface area contributed by atoms with Crippen molar-refractivity contribution in [2.45, 2.75) is 24.4 Å². The van der Waals surface area contributed by atoms with Crippen LogP contribution in [-0.4, -0.2) is 60.7 Å². The predicted molar refractivity (Wildman–Crippen MR) is 109 cm³/mol. The van der Waals surface area contributed by atoms with E-state index in [0.29, 0.717) is 27.4 Å². The molecule has 1 saturated heterocycles. The van der Waals surface area contributed by atoms with Gasteiger partial charge in [0.25, 0.3) is 0 Å². The van der Waals surface area contributed by atoms with Crippen LogP contribution in [0.4, 0.5) is 14.6 Å². The minimum Gasteiger partial charge on any atom is -0.498 e. The molecule has 0 unspecified atom stereocenters. The lowest BCUT2D eigenvalue weighted by Gasteiger charge is -2.20. The van der Waals surface area contributed by atoms with Crippen LogP contribution in [-0.2, 0) is 9.47 Å². The fourth-order valence-corrected chi connectivity index (χ4v) is 3.17. The first-order valence-corrected chi connectivity index (χ1v) is 9.37. The highest BCUT2D eigenvalue weighted by molar-refractivity contribution is 5.66. The van der Waals surface area contributed by atoms with E-state index in [2.05, 4.69) is 4.98 Å². The fourth-order valence-electron chi connectivity index (χ4n) is 3.17. The summed E-state index contributed by atoms with van der Waals surface area (Å²) in [4.78, 5) is 15.3. The summed E-state index contributed by atoms with van der Waals surface area (Å²) in [5.41, 5.74) is 4.87. The molecule has 32 heavy (non-hydrogen) atoms.